The van der Waals surface area contributed by atoms with Gasteiger partial charge < -0.3 is 29.4 Å². The van der Waals surface area contributed by atoms with E-state index in [1.165, 1.54) is 16.7 Å². The Morgan fingerprint density at radius 2 is 1.54 bits per heavy atom. The number of rotatable bonds is 13. The molecule has 2 aliphatic heterocycles. The number of hydrogen-bond donors (Lipinski definition) is 2. The maximum Gasteiger partial charge on any atom is 0.417 e. The van der Waals surface area contributed by atoms with Gasteiger partial charge in [0, 0.05) is 26.7 Å². The van der Waals surface area contributed by atoms with Gasteiger partial charge in [0.05, 0.1) is 25.0 Å². The summed E-state index contributed by atoms with van der Waals surface area (Å²) in [6.07, 6.45) is -0.744. The van der Waals surface area contributed by atoms with E-state index >= 15 is 4.79 Å². The molecule has 4 aromatic rings. The van der Waals surface area contributed by atoms with Crippen molar-refractivity contribution in [2.45, 2.75) is 37.0 Å². The van der Waals surface area contributed by atoms with Crippen molar-refractivity contribution >= 4 is 58.6 Å². The van der Waals surface area contributed by atoms with Gasteiger partial charge in [0.2, 0.25) is 11.7 Å². The van der Waals surface area contributed by atoms with Crippen molar-refractivity contribution in [1.82, 2.24) is 4.90 Å². The molecule has 0 aromatic heterocycles. The van der Waals surface area contributed by atoms with E-state index in [1.54, 1.807) is 60.7 Å². The second-order valence-corrected chi connectivity index (χ2v) is 15.3. The molecule has 10 nitrogen and oxygen atoms in total. The van der Waals surface area contributed by atoms with E-state index in [4.69, 9.17) is 47.3 Å². The highest BCUT2D eigenvalue weighted by Gasteiger charge is 2.48. The largest absolute Gasteiger partial charge is 0.482 e. The summed E-state index contributed by atoms with van der Waals surface area (Å²) in [5.74, 6) is -2.33. The van der Waals surface area contributed by atoms with Gasteiger partial charge in [-0.15, -0.1) is 11.8 Å². The molecule has 2 fully saturated rings. The van der Waals surface area contributed by atoms with E-state index in [2.05, 4.69) is 19.2 Å². The first-order valence-electron chi connectivity index (χ1n) is 16.6. The summed E-state index contributed by atoms with van der Waals surface area (Å²) < 4.78 is 24.0. The molecule has 2 N–H and O–H groups in total. The fourth-order valence-electron chi connectivity index (χ4n) is 5.95. The number of nitrogens with one attached hydrogen (secondary N) is 1. The Balaban J connectivity index is 1.43. The number of thioether (sulfide) groups is 1. The summed E-state index contributed by atoms with van der Waals surface area (Å²) in [6, 6.07) is 29.0. The Labute approximate surface area is 316 Å². The van der Waals surface area contributed by atoms with Crippen molar-refractivity contribution in [1.29, 1.82) is 0 Å². The van der Waals surface area contributed by atoms with E-state index in [9.17, 15) is 9.59 Å². The Morgan fingerprint density at radius 3 is 2.15 bits per heavy atom. The average Bonchev–Trinajstić information content (AvgIpc) is 3.53. The zero-order valence-electron chi connectivity index (χ0n) is 28.5. The predicted molar refractivity (Wildman–Crippen MR) is 200 cm³/mol. The number of imide groups is 1. The monoisotopic (exact) mass is 764 g/mol. The van der Waals surface area contributed by atoms with Crippen molar-refractivity contribution in [2.75, 3.05) is 37.5 Å². The molecular formula is C39H38Cl2N2O8S. The van der Waals surface area contributed by atoms with E-state index in [1.807, 2.05) is 42.5 Å². The molecule has 2 amide bonds. The number of nitrogens with zero attached hydrogens (tertiary/aromatic N) is 1. The van der Waals surface area contributed by atoms with E-state index in [0.717, 1.165) is 11.1 Å². The van der Waals surface area contributed by atoms with Gasteiger partial charge in [-0.25, -0.2) is 14.5 Å². The number of carboxylic acids is 1. The van der Waals surface area contributed by atoms with Crippen LogP contribution in [0.3, 0.4) is 0 Å². The second kappa shape index (κ2) is 16.2. The lowest BCUT2D eigenvalue weighted by molar-refractivity contribution is -0.295. The molecule has 13 heteroatoms. The number of anilines is 1. The van der Waals surface area contributed by atoms with Crippen LogP contribution >= 0.6 is 35.0 Å². The molecule has 0 bridgehead atoms. The van der Waals surface area contributed by atoms with Crippen LogP contribution in [0.4, 0.5) is 10.5 Å². The van der Waals surface area contributed by atoms with Crippen LogP contribution in [-0.4, -0.2) is 65.4 Å². The number of carbonyl (C=O) groups excluding carboxylic acids is 2. The van der Waals surface area contributed by atoms with Crippen LogP contribution in [0.5, 0.6) is 5.75 Å². The zero-order chi connectivity index (χ0) is 36.9. The van der Waals surface area contributed by atoms with Gasteiger partial charge in [0.1, 0.15) is 23.6 Å². The summed E-state index contributed by atoms with van der Waals surface area (Å²) in [5, 5.41) is 12.8. The number of cyclic esters (lactones) is 1. The molecule has 52 heavy (non-hydrogen) atoms. The van der Waals surface area contributed by atoms with Crippen molar-refractivity contribution in [3.8, 4) is 5.75 Å². The van der Waals surface area contributed by atoms with Crippen molar-refractivity contribution in [3.63, 3.8) is 0 Å². The molecule has 2 heterocycles. The minimum Gasteiger partial charge on any atom is -0.482 e. The SMILES string of the molecule is CC1(C)COC(CS[C@@H](C(=O)N2C(=O)OC[C@@H]2c2ccccc2)[C@@H](Nc2ccc(Cl)cc2)c2ccc(OCC(=O)O)cc2)(c2ccc(Cl)cc2)OC1. The number of hydrogen-bond acceptors (Lipinski definition) is 9. The van der Waals surface area contributed by atoms with Crippen LogP contribution in [0.1, 0.15) is 42.6 Å². The van der Waals surface area contributed by atoms with E-state index in [0.29, 0.717) is 40.3 Å². The van der Waals surface area contributed by atoms with Crippen LogP contribution in [0.2, 0.25) is 10.0 Å². The third kappa shape index (κ3) is 8.85. The number of carbonyl (C=O) groups is 3. The minimum atomic E-state index is -1.24. The Morgan fingerprint density at radius 1 is 0.923 bits per heavy atom. The zero-order valence-corrected chi connectivity index (χ0v) is 30.8. The maximum atomic E-state index is 15.1. The molecule has 0 unspecified atom stereocenters. The lowest BCUT2D eigenvalue weighted by atomic mass is 9.93. The molecule has 0 aliphatic carbocycles. The summed E-state index contributed by atoms with van der Waals surface area (Å²) >= 11 is 13.8. The molecule has 0 saturated carbocycles. The predicted octanol–water partition coefficient (Wildman–Crippen LogP) is 8.36. The molecule has 0 spiro atoms. The molecule has 2 saturated heterocycles. The Kier molecular flexibility index (Phi) is 11.7. The summed E-state index contributed by atoms with van der Waals surface area (Å²) in [4.78, 5) is 40.8. The van der Waals surface area contributed by atoms with Gasteiger partial charge in [0.25, 0.3) is 0 Å². The quantitative estimate of drug-likeness (QED) is 0.137. The highest BCUT2D eigenvalue weighted by atomic mass is 35.5. The van der Waals surface area contributed by atoms with Crippen molar-refractivity contribution in [3.05, 3.63) is 130 Å². The molecule has 4 aromatic carbocycles. The fourth-order valence-corrected chi connectivity index (χ4v) is 7.61. The Hall–Kier alpha value is -4.26. The second-order valence-electron chi connectivity index (χ2n) is 13.3. The van der Waals surface area contributed by atoms with Gasteiger partial charge >= 0.3 is 12.1 Å². The molecule has 272 valence electrons. The smallest absolute Gasteiger partial charge is 0.417 e. The standard InChI is InChI=1S/C39H38Cl2N2O8S/c1-38(2)22-50-39(51-23-38,27-10-12-28(40)13-11-27)24-52-35(36(46)43-32(20-49-37(43)47)25-6-4-3-5-7-25)34(42-30-16-14-29(41)15-17-30)26-8-18-31(19-9-26)48-21-33(44)45/h3-19,32,34-35,42H,20-24H2,1-2H3,(H,44,45)/t32-,34+,35-/m1/s1. The highest BCUT2D eigenvalue weighted by Crippen LogP contribution is 2.44. The van der Waals surface area contributed by atoms with E-state index < -0.39 is 47.7 Å². The molecule has 2 aliphatic rings. The topological polar surface area (TPSA) is 124 Å². The lowest BCUT2D eigenvalue weighted by Gasteiger charge is -2.44. The fraction of sp³-hybridized carbons (Fsp3) is 0.308. The maximum absolute atomic E-state index is 15.1. The summed E-state index contributed by atoms with van der Waals surface area (Å²) in [5.41, 5.74) is 2.57. The summed E-state index contributed by atoms with van der Waals surface area (Å²) in [7, 11) is 0. The van der Waals surface area contributed by atoms with Crippen molar-refractivity contribution in [2.24, 2.45) is 5.41 Å². The van der Waals surface area contributed by atoms with Crippen LogP contribution in [0.25, 0.3) is 0 Å². The number of halogens is 2. The third-order valence-corrected chi connectivity index (χ3v) is 10.6. The lowest BCUT2D eigenvalue weighted by Crippen LogP contribution is -2.49. The van der Waals surface area contributed by atoms with Crippen LogP contribution in [0.15, 0.2) is 103 Å². The third-order valence-electron chi connectivity index (χ3n) is 8.74. The number of carboxylic acid groups (broad SMARTS) is 1. The minimum absolute atomic E-state index is 0.00683. The first-order chi connectivity index (χ1) is 24.9. The molecule has 3 atom stereocenters. The van der Waals surface area contributed by atoms with Gasteiger partial charge in [-0.3, -0.25) is 4.79 Å². The average molecular weight is 766 g/mol. The van der Waals surface area contributed by atoms with Gasteiger partial charge in [-0.2, -0.15) is 0 Å². The summed E-state index contributed by atoms with van der Waals surface area (Å²) in [6.45, 7) is 4.39. The molecule has 6 rings (SSSR count). The van der Waals surface area contributed by atoms with Gasteiger partial charge in [-0.05, 0) is 59.7 Å². The number of aliphatic carboxylic acids is 1. The number of ether oxygens (including phenoxy) is 4. The molecular weight excluding hydrogens is 727 g/mol. The van der Waals surface area contributed by atoms with Crippen molar-refractivity contribution < 1.29 is 38.4 Å². The van der Waals surface area contributed by atoms with E-state index in [-0.39, 0.29) is 17.8 Å². The van der Waals surface area contributed by atoms with Gasteiger partial charge in [-0.1, -0.05) is 91.6 Å². The number of benzene rings is 4. The molecule has 0 radical (unpaired) electrons. The van der Waals surface area contributed by atoms with Gasteiger partial charge in [0.15, 0.2) is 6.61 Å². The normalized spacial score (nSPS) is 19.0. The first kappa shape index (κ1) is 37.5. The van der Waals surface area contributed by atoms with Crippen LogP contribution in [-0.2, 0) is 29.6 Å². The highest BCUT2D eigenvalue weighted by molar-refractivity contribution is 8.00. The van der Waals surface area contributed by atoms with Crippen LogP contribution < -0.4 is 10.1 Å². The number of amides is 2. The van der Waals surface area contributed by atoms with Crippen LogP contribution in [0, 0.1) is 5.41 Å². The first-order valence-corrected chi connectivity index (χ1v) is 18.4. The Bertz CT molecular complexity index is 1850.